The van der Waals surface area contributed by atoms with Gasteiger partial charge in [0.2, 0.25) is 11.5 Å². The molecule has 138 valence electrons. The van der Waals surface area contributed by atoms with E-state index in [0.29, 0.717) is 34.3 Å². The molecule has 0 spiro atoms. The minimum Gasteiger partial charge on any atom is -0.618 e. The summed E-state index contributed by atoms with van der Waals surface area (Å²) in [5.41, 5.74) is 0.289. The average molecular weight is 369 g/mol. The van der Waals surface area contributed by atoms with E-state index in [1.807, 2.05) is 0 Å². The minimum atomic E-state index is -1.08. The molecule has 5 rings (SSSR count). The molecule has 4 aromatic rings. The standard InChI is InChI=1S/C18H16FN5O3/c1-10-14-13(16-21-17(22-27-16)18(25)7-2-3-8-18)20-9-23(14)12-6-4-5-11(19)15(12)24(10)26/h4-6,9,25H,2-3,7-8H2,1H3. The molecule has 9 heteroatoms. The van der Waals surface area contributed by atoms with Crippen LogP contribution in [0.25, 0.3) is 28.1 Å². The second kappa shape index (κ2) is 5.46. The Kier molecular flexibility index (Phi) is 3.26. The molecule has 1 aromatic carbocycles. The van der Waals surface area contributed by atoms with Crippen molar-refractivity contribution in [1.82, 2.24) is 19.5 Å². The van der Waals surface area contributed by atoms with E-state index in [1.165, 1.54) is 18.5 Å². The summed E-state index contributed by atoms with van der Waals surface area (Å²) in [7, 11) is 0. The number of fused-ring (bicyclic) bond motifs is 3. The van der Waals surface area contributed by atoms with Gasteiger partial charge >= 0.3 is 0 Å². The number of hydrogen-bond donors (Lipinski definition) is 1. The van der Waals surface area contributed by atoms with E-state index in [9.17, 15) is 14.7 Å². The van der Waals surface area contributed by atoms with Crippen molar-refractivity contribution in [2.24, 2.45) is 0 Å². The number of hydrogen-bond acceptors (Lipinski definition) is 6. The van der Waals surface area contributed by atoms with E-state index in [-0.39, 0.29) is 22.9 Å². The van der Waals surface area contributed by atoms with E-state index < -0.39 is 11.4 Å². The van der Waals surface area contributed by atoms with Gasteiger partial charge in [0, 0.05) is 6.92 Å². The highest BCUT2D eigenvalue weighted by molar-refractivity contribution is 5.82. The van der Waals surface area contributed by atoms with Crippen LogP contribution in [-0.2, 0) is 5.60 Å². The molecule has 0 unspecified atom stereocenters. The van der Waals surface area contributed by atoms with Crippen molar-refractivity contribution < 1.29 is 18.8 Å². The molecule has 1 saturated carbocycles. The van der Waals surface area contributed by atoms with Crippen LogP contribution in [0.3, 0.4) is 0 Å². The molecule has 1 aliphatic carbocycles. The summed E-state index contributed by atoms with van der Waals surface area (Å²) in [4.78, 5) is 8.66. The molecule has 1 aliphatic rings. The summed E-state index contributed by atoms with van der Waals surface area (Å²) in [6.45, 7) is 1.58. The number of nitrogens with zero attached hydrogens (tertiary/aromatic N) is 5. The molecule has 0 saturated heterocycles. The lowest BCUT2D eigenvalue weighted by atomic mass is 10.0. The van der Waals surface area contributed by atoms with Crippen LogP contribution >= 0.6 is 0 Å². The van der Waals surface area contributed by atoms with Crippen LogP contribution in [0.4, 0.5) is 4.39 Å². The van der Waals surface area contributed by atoms with Gasteiger partial charge in [-0.2, -0.15) is 14.1 Å². The zero-order chi connectivity index (χ0) is 18.8. The molecular formula is C18H16FN5O3. The van der Waals surface area contributed by atoms with Crippen LogP contribution in [0.2, 0.25) is 0 Å². The molecule has 0 atom stereocenters. The molecule has 3 heterocycles. The molecule has 0 aliphatic heterocycles. The fourth-order valence-corrected chi connectivity index (χ4v) is 3.89. The van der Waals surface area contributed by atoms with Crippen LogP contribution in [0, 0.1) is 17.9 Å². The Labute approximate surface area is 152 Å². The van der Waals surface area contributed by atoms with Gasteiger partial charge in [-0.05, 0) is 37.8 Å². The lowest BCUT2D eigenvalue weighted by Gasteiger charge is -2.16. The van der Waals surface area contributed by atoms with Gasteiger partial charge in [-0.3, -0.25) is 4.40 Å². The molecule has 0 amide bonds. The summed E-state index contributed by atoms with van der Waals surface area (Å²) < 4.78 is 21.7. The first kappa shape index (κ1) is 16.1. The first-order chi connectivity index (χ1) is 13.0. The third-order valence-electron chi connectivity index (χ3n) is 5.32. The molecule has 1 fully saturated rings. The first-order valence-electron chi connectivity index (χ1n) is 8.74. The Bertz CT molecular complexity index is 1190. The molecule has 0 bridgehead atoms. The van der Waals surface area contributed by atoms with Gasteiger partial charge in [0.15, 0.2) is 11.5 Å². The van der Waals surface area contributed by atoms with Crippen LogP contribution in [0.5, 0.6) is 0 Å². The molecule has 8 nitrogen and oxygen atoms in total. The van der Waals surface area contributed by atoms with Gasteiger partial charge in [-0.25, -0.2) is 4.98 Å². The summed E-state index contributed by atoms with van der Waals surface area (Å²) >= 11 is 0. The fourth-order valence-electron chi connectivity index (χ4n) is 3.89. The van der Waals surface area contributed by atoms with Gasteiger partial charge in [0.1, 0.15) is 23.0 Å². The van der Waals surface area contributed by atoms with Gasteiger partial charge in [0.05, 0.1) is 0 Å². The largest absolute Gasteiger partial charge is 0.618 e. The molecule has 27 heavy (non-hydrogen) atoms. The Morgan fingerprint density at radius 2 is 2.11 bits per heavy atom. The third kappa shape index (κ3) is 2.18. The Morgan fingerprint density at radius 1 is 1.33 bits per heavy atom. The van der Waals surface area contributed by atoms with Crippen molar-refractivity contribution in [3.8, 4) is 11.6 Å². The van der Waals surface area contributed by atoms with E-state index in [2.05, 4.69) is 15.1 Å². The van der Waals surface area contributed by atoms with Crippen molar-refractivity contribution in [3.63, 3.8) is 0 Å². The van der Waals surface area contributed by atoms with Crippen LogP contribution in [0.15, 0.2) is 29.0 Å². The summed E-state index contributed by atoms with van der Waals surface area (Å²) in [6, 6.07) is 4.42. The highest BCUT2D eigenvalue weighted by atomic mass is 19.1. The lowest BCUT2D eigenvalue weighted by Crippen LogP contribution is -2.33. The Balaban J connectivity index is 1.74. The van der Waals surface area contributed by atoms with Crippen LogP contribution in [0.1, 0.15) is 37.2 Å². The highest BCUT2D eigenvalue weighted by Gasteiger charge is 2.38. The smallest absolute Gasteiger partial charge is 0.279 e. The summed E-state index contributed by atoms with van der Waals surface area (Å²) in [6.07, 6.45) is 4.47. The number of benzene rings is 1. The molecule has 3 aromatic heterocycles. The molecular weight excluding hydrogens is 353 g/mol. The predicted octanol–water partition coefficient (Wildman–Crippen LogP) is 2.38. The number of para-hydroxylation sites is 1. The van der Waals surface area contributed by atoms with Crippen molar-refractivity contribution >= 4 is 16.6 Å². The van der Waals surface area contributed by atoms with Gasteiger partial charge in [-0.15, -0.1) is 0 Å². The van der Waals surface area contributed by atoms with Crippen molar-refractivity contribution in [2.75, 3.05) is 0 Å². The van der Waals surface area contributed by atoms with Crippen LogP contribution < -0.4 is 4.73 Å². The van der Waals surface area contributed by atoms with Crippen molar-refractivity contribution in [2.45, 2.75) is 38.2 Å². The van der Waals surface area contributed by atoms with E-state index in [0.717, 1.165) is 12.8 Å². The summed E-state index contributed by atoms with van der Waals surface area (Å²) in [5, 5.41) is 27.2. The maximum absolute atomic E-state index is 14.2. The van der Waals surface area contributed by atoms with Gasteiger partial charge < -0.3 is 14.8 Å². The lowest BCUT2D eigenvalue weighted by molar-refractivity contribution is -0.584. The van der Waals surface area contributed by atoms with Gasteiger partial charge in [0.25, 0.3) is 11.4 Å². The monoisotopic (exact) mass is 369 g/mol. The zero-order valence-corrected chi connectivity index (χ0v) is 14.5. The van der Waals surface area contributed by atoms with E-state index in [1.54, 1.807) is 17.4 Å². The third-order valence-corrected chi connectivity index (χ3v) is 5.32. The Hall–Kier alpha value is -3.07. The second-order valence-electron chi connectivity index (χ2n) is 6.96. The van der Waals surface area contributed by atoms with Crippen molar-refractivity contribution in [1.29, 1.82) is 0 Å². The Morgan fingerprint density at radius 3 is 2.89 bits per heavy atom. The number of rotatable bonds is 2. The molecule has 0 radical (unpaired) electrons. The first-order valence-corrected chi connectivity index (χ1v) is 8.74. The number of halogens is 1. The van der Waals surface area contributed by atoms with Crippen molar-refractivity contribution in [3.05, 3.63) is 47.1 Å². The highest BCUT2D eigenvalue weighted by Crippen LogP contribution is 2.38. The summed E-state index contributed by atoms with van der Waals surface area (Å²) in [5.74, 6) is -0.256. The predicted molar refractivity (Wildman–Crippen MR) is 92.0 cm³/mol. The fraction of sp³-hybridized carbons (Fsp3) is 0.333. The second-order valence-corrected chi connectivity index (χ2v) is 6.96. The zero-order valence-electron chi connectivity index (χ0n) is 14.5. The quantitative estimate of drug-likeness (QED) is 0.430. The SMILES string of the molecule is Cc1c2c(-c3nc(C4(O)CCCC4)no3)ncn2c2cccc(F)c2[n+]1[O-]. The topological polar surface area (TPSA) is 103 Å². The van der Waals surface area contributed by atoms with Crippen LogP contribution in [-0.4, -0.2) is 24.6 Å². The average Bonchev–Trinajstić information content (AvgIpc) is 3.38. The van der Waals surface area contributed by atoms with E-state index in [4.69, 9.17) is 4.52 Å². The maximum atomic E-state index is 14.2. The number of aliphatic hydroxyl groups is 1. The maximum Gasteiger partial charge on any atom is 0.279 e. The molecule has 1 N–H and O–H groups in total. The number of imidazole rings is 1. The minimum absolute atomic E-state index is 0.0575. The normalized spacial score (nSPS) is 16.6. The number of aryl methyl sites for hydroxylation is 1. The van der Waals surface area contributed by atoms with E-state index >= 15 is 0 Å². The number of aromatic nitrogens is 5. The van der Waals surface area contributed by atoms with Gasteiger partial charge in [-0.1, -0.05) is 11.2 Å².